The Morgan fingerprint density at radius 2 is 2.06 bits per heavy atom. The molecule has 1 aromatic carbocycles. The molecule has 0 saturated carbocycles. The first-order valence-corrected chi connectivity index (χ1v) is 7.51. The van der Waals surface area contributed by atoms with Crippen molar-refractivity contribution < 1.29 is 8.42 Å². The highest BCUT2D eigenvalue weighted by Crippen LogP contribution is 2.17. The van der Waals surface area contributed by atoms with E-state index in [0.717, 1.165) is 12.0 Å². The molecule has 0 amide bonds. The molecule has 3 N–H and O–H groups in total. The van der Waals surface area contributed by atoms with Crippen LogP contribution >= 0.6 is 0 Å². The molecule has 0 heterocycles. The minimum atomic E-state index is -3.47. The quantitative estimate of drug-likeness (QED) is 0.706. The summed E-state index contributed by atoms with van der Waals surface area (Å²) in [7, 11) is -1.60. The Labute approximate surface area is 109 Å². The first-order valence-electron chi connectivity index (χ1n) is 6.03. The molecule has 0 aliphatic heterocycles. The van der Waals surface area contributed by atoms with E-state index in [-0.39, 0.29) is 6.04 Å². The number of hydrogen-bond acceptors (Lipinski definition) is 3. The van der Waals surface area contributed by atoms with Gasteiger partial charge in [-0.2, -0.15) is 13.1 Å². The monoisotopic (exact) mass is 271 g/mol. The van der Waals surface area contributed by atoms with Crippen LogP contribution in [0.3, 0.4) is 0 Å². The van der Waals surface area contributed by atoms with Gasteiger partial charge >= 0.3 is 0 Å². The first-order chi connectivity index (χ1) is 8.48. The lowest BCUT2D eigenvalue weighted by Gasteiger charge is -2.13. The van der Waals surface area contributed by atoms with Gasteiger partial charge in [-0.1, -0.05) is 19.1 Å². The molecule has 0 spiro atoms. The maximum absolute atomic E-state index is 11.7. The molecule has 102 valence electrons. The molecule has 1 unspecified atom stereocenters. The average molecular weight is 271 g/mol. The van der Waals surface area contributed by atoms with Crippen molar-refractivity contribution in [1.29, 1.82) is 0 Å². The van der Waals surface area contributed by atoms with Crippen LogP contribution in [0, 0.1) is 0 Å². The number of anilines is 1. The smallest absolute Gasteiger partial charge is 0.299 e. The van der Waals surface area contributed by atoms with Crippen LogP contribution in [0.25, 0.3) is 0 Å². The van der Waals surface area contributed by atoms with E-state index in [0.29, 0.717) is 12.2 Å². The summed E-state index contributed by atoms with van der Waals surface area (Å²) in [6.07, 6.45) is 0.762. The molecule has 1 rings (SSSR count). The summed E-state index contributed by atoms with van der Waals surface area (Å²) in [4.78, 5) is 0. The predicted octanol–water partition coefficient (Wildman–Crippen LogP) is 1.62. The first kappa shape index (κ1) is 14.9. The fourth-order valence-corrected chi connectivity index (χ4v) is 2.45. The minimum Gasteiger partial charge on any atom is -0.313 e. The number of benzene rings is 1. The molecule has 1 aromatic rings. The third-order valence-corrected chi connectivity index (χ3v) is 3.70. The van der Waals surface area contributed by atoms with Crippen molar-refractivity contribution in [2.24, 2.45) is 0 Å². The summed E-state index contributed by atoms with van der Waals surface area (Å²) in [6, 6.07) is 7.53. The van der Waals surface area contributed by atoms with Crippen molar-refractivity contribution in [2.45, 2.75) is 26.3 Å². The highest BCUT2D eigenvalue weighted by atomic mass is 32.2. The van der Waals surface area contributed by atoms with Gasteiger partial charge < -0.3 is 5.32 Å². The van der Waals surface area contributed by atoms with Crippen molar-refractivity contribution >= 4 is 15.9 Å². The van der Waals surface area contributed by atoms with Gasteiger partial charge in [0.1, 0.15) is 0 Å². The Morgan fingerprint density at radius 1 is 1.33 bits per heavy atom. The lowest BCUT2D eigenvalue weighted by molar-refractivity contribution is 0.586. The van der Waals surface area contributed by atoms with Crippen LogP contribution in [-0.2, 0) is 10.2 Å². The van der Waals surface area contributed by atoms with Crippen LogP contribution in [0.2, 0.25) is 0 Å². The Kier molecular flexibility index (Phi) is 5.58. The van der Waals surface area contributed by atoms with E-state index in [1.165, 1.54) is 0 Å². The summed E-state index contributed by atoms with van der Waals surface area (Å²) < 4.78 is 28.3. The fourth-order valence-electron chi connectivity index (χ4n) is 1.47. The molecule has 0 aromatic heterocycles. The second-order valence-corrected chi connectivity index (χ2v) is 5.64. The van der Waals surface area contributed by atoms with Crippen LogP contribution < -0.4 is 14.8 Å². The molecule has 0 bridgehead atoms. The zero-order chi connectivity index (χ0) is 13.6. The largest absolute Gasteiger partial charge is 0.313 e. The van der Waals surface area contributed by atoms with E-state index in [2.05, 4.69) is 14.8 Å². The molecule has 0 aliphatic rings. The lowest BCUT2D eigenvalue weighted by Crippen LogP contribution is -2.30. The molecule has 0 saturated heterocycles. The Hall–Kier alpha value is -1.11. The topological polar surface area (TPSA) is 70.2 Å². The summed E-state index contributed by atoms with van der Waals surface area (Å²) in [6.45, 7) is 4.36. The van der Waals surface area contributed by atoms with Gasteiger partial charge in [0, 0.05) is 12.6 Å². The van der Waals surface area contributed by atoms with Gasteiger partial charge in [0.05, 0.1) is 5.69 Å². The second kappa shape index (κ2) is 6.72. The third-order valence-electron chi connectivity index (χ3n) is 2.61. The van der Waals surface area contributed by atoms with Gasteiger partial charge in [0.2, 0.25) is 0 Å². The molecule has 0 fully saturated rings. The Balaban J connectivity index is 2.79. The Bertz CT molecular complexity index is 474. The maximum atomic E-state index is 11.7. The minimum absolute atomic E-state index is 0.179. The average Bonchev–Trinajstić information content (AvgIpc) is 2.35. The van der Waals surface area contributed by atoms with Gasteiger partial charge in [0.15, 0.2) is 0 Å². The van der Waals surface area contributed by atoms with E-state index in [1.807, 2.05) is 39.1 Å². The van der Waals surface area contributed by atoms with Crippen LogP contribution in [0.15, 0.2) is 24.3 Å². The highest BCUT2D eigenvalue weighted by molar-refractivity contribution is 7.90. The lowest BCUT2D eigenvalue weighted by atomic mass is 10.1. The summed E-state index contributed by atoms with van der Waals surface area (Å²) in [5, 5.41) is 3.11. The SMILES string of the molecule is CCCNS(=O)(=O)Nc1cccc(C(C)NC)c1. The van der Waals surface area contributed by atoms with E-state index >= 15 is 0 Å². The summed E-state index contributed by atoms with van der Waals surface area (Å²) in [5.41, 5.74) is 1.60. The Morgan fingerprint density at radius 3 is 2.67 bits per heavy atom. The number of nitrogens with one attached hydrogen (secondary N) is 3. The van der Waals surface area contributed by atoms with E-state index in [1.54, 1.807) is 6.07 Å². The van der Waals surface area contributed by atoms with Gasteiger partial charge in [-0.25, -0.2) is 0 Å². The van der Waals surface area contributed by atoms with Gasteiger partial charge in [-0.15, -0.1) is 0 Å². The highest BCUT2D eigenvalue weighted by Gasteiger charge is 2.09. The van der Waals surface area contributed by atoms with Crippen LogP contribution in [-0.4, -0.2) is 22.0 Å². The van der Waals surface area contributed by atoms with Crippen LogP contribution in [0.5, 0.6) is 0 Å². The molecular formula is C12H21N3O2S. The van der Waals surface area contributed by atoms with Crippen molar-refractivity contribution in [3.63, 3.8) is 0 Å². The van der Waals surface area contributed by atoms with Crippen molar-refractivity contribution in [3.05, 3.63) is 29.8 Å². The standard InChI is InChI=1S/C12H21N3O2S/c1-4-8-14-18(16,17)15-12-7-5-6-11(9-12)10(2)13-3/h5-7,9-10,13-15H,4,8H2,1-3H3. The summed E-state index contributed by atoms with van der Waals surface area (Å²) in [5.74, 6) is 0. The second-order valence-electron chi connectivity index (χ2n) is 4.14. The predicted molar refractivity (Wildman–Crippen MR) is 74.8 cm³/mol. The number of rotatable bonds is 7. The normalized spacial score (nSPS) is 13.3. The summed E-state index contributed by atoms with van der Waals surface area (Å²) >= 11 is 0. The van der Waals surface area contributed by atoms with E-state index in [4.69, 9.17) is 0 Å². The zero-order valence-corrected chi connectivity index (χ0v) is 11.8. The van der Waals surface area contributed by atoms with Gasteiger partial charge in [-0.05, 0) is 38.1 Å². The van der Waals surface area contributed by atoms with Crippen LogP contribution in [0.1, 0.15) is 31.9 Å². The van der Waals surface area contributed by atoms with Gasteiger partial charge in [-0.3, -0.25) is 4.72 Å². The third kappa shape index (κ3) is 4.64. The van der Waals surface area contributed by atoms with Crippen molar-refractivity contribution in [1.82, 2.24) is 10.0 Å². The molecule has 0 aliphatic carbocycles. The van der Waals surface area contributed by atoms with Crippen molar-refractivity contribution in [3.8, 4) is 0 Å². The molecule has 1 atom stereocenters. The van der Waals surface area contributed by atoms with Gasteiger partial charge in [0.25, 0.3) is 10.2 Å². The van der Waals surface area contributed by atoms with Crippen LogP contribution in [0.4, 0.5) is 5.69 Å². The fraction of sp³-hybridized carbons (Fsp3) is 0.500. The number of hydrogen-bond donors (Lipinski definition) is 3. The molecule has 6 heteroatoms. The molecule has 18 heavy (non-hydrogen) atoms. The van der Waals surface area contributed by atoms with E-state index < -0.39 is 10.2 Å². The molecule has 5 nitrogen and oxygen atoms in total. The van der Waals surface area contributed by atoms with Crippen molar-refractivity contribution in [2.75, 3.05) is 18.3 Å². The molecular weight excluding hydrogens is 250 g/mol. The molecule has 0 radical (unpaired) electrons. The maximum Gasteiger partial charge on any atom is 0.299 e. The van der Waals surface area contributed by atoms with E-state index in [9.17, 15) is 8.42 Å². The zero-order valence-electron chi connectivity index (χ0n) is 11.0.